The summed E-state index contributed by atoms with van der Waals surface area (Å²) in [5.41, 5.74) is 2.65. The summed E-state index contributed by atoms with van der Waals surface area (Å²) < 4.78 is 5.15. The molecule has 0 aliphatic carbocycles. The molecule has 0 aromatic heterocycles. The highest BCUT2D eigenvalue weighted by Crippen LogP contribution is 2.31. The van der Waals surface area contributed by atoms with Gasteiger partial charge in [0.05, 0.1) is 23.1 Å². The Hall–Kier alpha value is -2.10. The Labute approximate surface area is 176 Å². The normalized spacial score (nSPS) is 11.2. The van der Waals surface area contributed by atoms with Crippen molar-refractivity contribution in [2.75, 3.05) is 7.11 Å². The Bertz CT molecular complexity index is 831. The Morgan fingerprint density at radius 3 is 1.96 bits per heavy atom. The van der Waals surface area contributed by atoms with Crippen molar-refractivity contribution >= 4 is 46.9 Å². The molecule has 0 saturated heterocycles. The molecule has 0 atom stereocenters. The molecule has 28 heavy (non-hydrogen) atoms. The SMILES string of the molecule is CCC(=O)C(Cc1ccc(/C=C/c2c(Cl)cc(OC)cc2Cl)cc1)C(=O)CC. The zero-order valence-corrected chi connectivity index (χ0v) is 17.8. The highest BCUT2D eigenvalue weighted by atomic mass is 35.5. The molecule has 148 valence electrons. The van der Waals surface area contributed by atoms with Crippen LogP contribution < -0.4 is 4.74 Å². The van der Waals surface area contributed by atoms with Gasteiger partial charge in [0.15, 0.2) is 0 Å². The molecule has 0 bridgehead atoms. The number of carbonyl (C=O) groups is 2. The second kappa shape index (κ2) is 10.4. The van der Waals surface area contributed by atoms with E-state index in [-0.39, 0.29) is 11.6 Å². The number of hydrogen-bond acceptors (Lipinski definition) is 3. The van der Waals surface area contributed by atoms with E-state index >= 15 is 0 Å². The molecule has 0 spiro atoms. The van der Waals surface area contributed by atoms with Gasteiger partial charge >= 0.3 is 0 Å². The van der Waals surface area contributed by atoms with Crippen LogP contribution in [-0.2, 0) is 16.0 Å². The molecule has 2 rings (SSSR count). The van der Waals surface area contributed by atoms with Crippen molar-refractivity contribution in [2.45, 2.75) is 33.1 Å². The zero-order chi connectivity index (χ0) is 20.7. The van der Waals surface area contributed by atoms with Gasteiger partial charge in [-0.15, -0.1) is 0 Å². The first-order valence-electron chi connectivity index (χ1n) is 9.25. The van der Waals surface area contributed by atoms with E-state index in [4.69, 9.17) is 27.9 Å². The summed E-state index contributed by atoms with van der Waals surface area (Å²) in [5, 5.41) is 1.02. The van der Waals surface area contributed by atoms with Crippen molar-refractivity contribution in [3.05, 3.63) is 63.1 Å². The van der Waals surface area contributed by atoms with E-state index in [0.29, 0.717) is 35.1 Å². The van der Waals surface area contributed by atoms with Crippen LogP contribution >= 0.6 is 23.2 Å². The maximum atomic E-state index is 12.1. The molecule has 0 radical (unpaired) electrons. The minimum atomic E-state index is -0.548. The van der Waals surface area contributed by atoms with Crippen molar-refractivity contribution in [3.8, 4) is 5.75 Å². The highest BCUT2D eigenvalue weighted by Gasteiger charge is 2.23. The minimum absolute atomic E-state index is 0.000359. The van der Waals surface area contributed by atoms with Gasteiger partial charge in [-0.2, -0.15) is 0 Å². The number of hydrogen-bond donors (Lipinski definition) is 0. The van der Waals surface area contributed by atoms with Gasteiger partial charge in [-0.25, -0.2) is 0 Å². The lowest BCUT2D eigenvalue weighted by Gasteiger charge is -2.13. The summed E-state index contributed by atoms with van der Waals surface area (Å²) in [6, 6.07) is 11.2. The molecule has 0 heterocycles. The minimum Gasteiger partial charge on any atom is -0.497 e. The summed E-state index contributed by atoms with van der Waals surface area (Å²) in [5.74, 6) is 0.0573. The van der Waals surface area contributed by atoms with Gasteiger partial charge in [-0.3, -0.25) is 9.59 Å². The van der Waals surface area contributed by atoms with Crippen molar-refractivity contribution in [1.82, 2.24) is 0 Å². The van der Waals surface area contributed by atoms with Crippen LogP contribution in [0.5, 0.6) is 5.75 Å². The molecule has 2 aromatic rings. The van der Waals surface area contributed by atoms with E-state index in [2.05, 4.69) is 0 Å². The molecule has 0 aliphatic rings. The van der Waals surface area contributed by atoms with Gasteiger partial charge in [0.25, 0.3) is 0 Å². The van der Waals surface area contributed by atoms with E-state index in [1.165, 1.54) is 0 Å². The third kappa shape index (κ3) is 5.70. The molecule has 0 amide bonds. The zero-order valence-electron chi connectivity index (χ0n) is 16.3. The second-order valence-electron chi connectivity index (χ2n) is 6.48. The van der Waals surface area contributed by atoms with E-state index in [1.807, 2.05) is 36.4 Å². The fraction of sp³-hybridized carbons (Fsp3) is 0.304. The number of ketones is 2. The van der Waals surface area contributed by atoms with Crippen molar-refractivity contribution < 1.29 is 14.3 Å². The second-order valence-corrected chi connectivity index (χ2v) is 7.29. The molecule has 0 fully saturated rings. The number of ether oxygens (including phenoxy) is 1. The number of rotatable bonds is 9. The van der Waals surface area contributed by atoms with Crippen LogP contribution in [0.3, 0.4) is 0 Å². The van der Waals surface area contributed by atoms with Crippen molar-refractivity contribution in [2.24, 2.45) is 5.92 Å². The van der Waals surface area contributed by atoms with Crippen LogP contribution in [-0.4, -0.2) is 18.7 Å². The molecule has 3 nitrogen and oxygen atoms in total. The van der Waals surface area contributed by atoms with E-state index < -0.39 is 5.92 Å². The highest BCUT2D eigenvalue weighted by molar-refractivity contribution is 6.37. The number of halogens is 2. The molecular formula is C23H24Cl2O3. The van der Waals surface area contributed by atoms with Crippen LogP contribution in [0.4, 0.5) is 0 Å². The predicted octanol–water partition coefficient (Wildman–Crippen LogP) is 6.29. The van der Waals surface area contributed by atoms with Crippen LogP contribution in [0.1, 0.15) is 43.4 Å². The predicted molar refractivity (Wildman–Crippen MR) is 116 cm³/mol. The van der Waals surface area contributed by atoms with Gasteiger partial charge in [0.2, 0.25) is 0 Å². The molecule has 0 aliphatic heterocycles. The Morgan fingerprint density at radius 2 is 1.50 bits per heavy atom. The van der Waals surface area contributed by atoms with Gasteiger partial charge in [-0.1, -0.05) is 73.5 Å². The monoisotopic (exact) mass is 418 g/mol. The van der Waals surface area contributed by atoms with E-state index in [9.17, 15) is 9.59 Å². The van der Waals surface area contributed by atoms with E-state index in [0.717, 1.165) is 16.7 Å². The average Bonchev–Trinajstić information content (AvgIpc) is 2.71. The first-order chi connectivity index (χ1) is 13.4. The molecule has 0 N–H and O–H groups in total. The summed E-state index contributed by atoms with van der Waals surface area (Å²) in [4.78, 5) is 24.2. The number of carbonyl (C=O) groups excluding carboxylic acids is 2. The van der Waals surface area contributed by atoms with Crippen LogP contribution in [0.15, 0.2) is 36.4 Å². The third-order valence-corrected chi connectivity index (χ3v) is 5.25. The fourth-order valence-corrected chi connectivity index (χ4v) is 3.51. The topological polar surface area (TPSA) is 43.4 Å². The maximum Gasteiger partial charge on any atom is 0.143 e. The first-order valence-corrected chi connectivity index (χ1v) is 10.0. The largest absolute Gasteiger partial charge is 0.497 e. The summed E-state index contributed by atoms with van der Waals surface area (Å²) in [6.45, 7) is 3.59. The first kappa shape index (κ1) is 22.2. The van der Waals surface area contributed by atoms with Gasteiger partial charge < -0.3 is 4.74 Å². The van der Waals surface area contributed by atoms with Crippen molar-refractivity contribution in [3.63, 3.8) is 0 Å². The summed E-state index contributed by atoms with van der Waals surface area (Å²) >= 11 is 12.5. The van der Waals surface area contributed by atoms with Crippen molar-refractivity contribution in [1.29, 1.82) is 0 Å². The Morgan fingerprint density at radius 1 is 0.964 bits per heavy atom. The Kier molecular flexibility index (Phi) is 8.28. The number of Topliss-reactive ketones (excluding diaryl/α,β-unsaturated/α-hetero) is 2. The Balaban J connectivity index is 2.15. The van der Waals surface area contributed by atoms with Gasteiger partial charge in [0, 0.05) is 18.4 Å². The van der Waals surface area contributed by atoms with Gasteiger partial charge in [-0.05, 0) is 29.7 Å². The fourth-order valence-electron chi connectivity index (χ4n) is 2.92. The number of benzene rings is 2. The van der Waals surface area contributed by atoms with E-state index in [1.54, 1.807) is 33.1 Å². The lowest BCUT2D eigenvalue weighted by Crippen LogP contribution is -2.25. The molecule has 5 heteroatoms. The smallest absolute Gasteiger partial charge is 0.143 e. The third-order valence-electron chi connectivity index (χ3n) is 4.62. The molecule has 0 saturated carbocycles. The van der Waals surface area contributed by atoms with Crippen LogP contribution in [0, 0.1) is 5.92 Å². The molecular weight excluding hydrogens is 395 g/mol. The molecule has 0 unspecified atom stereocenters. The van der Waals surface area contributed by atoms with Crippen LogP contribution in [0.2, 0.25) is 10.0 Å². The standard InChI is InChI=1S/C23H24Cl2O3/c1-4-22(26)19(23(27)5-2)12-16-8-6-15(7-9-16)10-11-18-20(24)13-17(28-3)14-21(18)25/h6-11,13-14,19H,4-5,12H2,1-3H3/b11-10+. The average molecular weight is 419 g/mol. The molecule has 2 aromatic carbocycles. The summed E-state index contributed by atoms with van der Waals surface area (Å²) in [6.07, 6.45) is 4.96. The lowest BCUT2D eigenvalue weighted by molar-refractivity contribution is -0.132. The van der Waals surface area contributed by atoms with Crippen LogP contribution in [0.25, 0.3) is 12.2 Å². The quantitative estimate of drug-likeness (QED) is 0.354. The number of methoxy groups -OCH3 is 1. The lowest BCUT2D eigenvalue weighted by atomic mass is 9.89. The van der Waals surface area contributed by atoms with Gasteiger partial charge in [0.1, 0.15) is 17.3 Å². The maximum absolute atomic E-state index is 12.1. The summed E-state index contributed by atoms with van der Waals surface area (Å²) in [7, 11) is 1.56.